The number of hydrogen-bond donors (Lipinski definition) is 1. The van der Waals surface area contributed by atoms with E-state index in [0.29, 0.717) is 11.4 Å². The minimum absolute atomic E-state index is 0.0686. The maximum Gasteiger partial charge on any atom is 0.255 e. The number of alkyl halides is 1. The molecule has 0 bridgehead atoms. The molecule has 0 saturated heterocycles. The first-order valence-electron chi connectivity index (χ1n) is 7.35. The smallest absolute Gasteiger partial charge is 0.255 e. The standard InChI is InChI=1S/C18H18ClNO/c19-12-13-5-3-8-15(11-13)18(21)20-17-10-4-7-14-6-1-2-9-16(14)17/h3-5,7-8,10-11H,1-2,6,9,12H2,(H,20,21). The van der Waals surface area contributed by atoms with E-state index in [0.717, 1.165) is 24.1 Å². The normalized spacial score (nSPS) is 13.6. The van der Waals surface area contributed by atoms with Crippen LogP contribution in [0.15, 0.2) is 42.5 Å². The maximum absolute atomic E-state index is 12.4. The molecule has 0 heterocycles. The van der Waals surface area contributed by atoms with Gasteiger partial charge in [-0.1, -0.05) is 24.3 Å². The van der Waals surface area contributed by atoms with Gasteiger partial charge in [-0.3, -0.25) is 4.79 Å². The summed E-state index contributed by atoms with van der Waals surface area (Å²) in [6.45, 7) is 0. The second kappa shape index (κ2) is 6.31. The predicted molar refractivity (Wildman–Crippen MR) is 87.0 cm³/mol. The number of nitrogens with one attached hydrogen (secondary N) is 1. The van der Waals surface area contributed by atoms with Crippen LogP contribution in [0.25, 0.3) is 0 Å². The Labute approximate surface area is 130 Å². The van der Waals surface area contributed by atoms with Crippen LogP contribution in [0.1, 0.15) is 39.9 Å². The van der Waals surface area contributed by atoms with E-state index in [1.165, 1.54) is 24.0 Å². The average Bonchev–Trinajstić information content (AvgIpc) is 2.55. The lowest BCUT2D eigenvalue weighted by molar-refractivity contribution is 0.102. The zero-order chi connectivity index (χ0) is 14.7. The minimum Gasteiger partial charge on any atom is -0.322 e. The molecule has 0 aromatic heterocycles. The van der Waals surface area contributed by atoms with Crippen LogP contribution in [0.2, 0.25) is 0 Å². The second-order valence-electron chi connectivity index (χ2n) is 5.44. The van der Waals surface area contributed by atoms with Gasteiger partial charge in [0.2, 0.25) is 0 Å². The molecule has 0 saturated carbocycles. The average molecular weight is 300 g/mol. The van der Waals surface area contributed by atoms with E-state index in [2.05, 4.69) is 11.4 Å². The lowest BCUT2D eigenvalue weighted by Gasteiger charge is -2.19. The molecule has 0 atom stereocenters. The molecule has 1 aliphatic rings. The van der Waals surface area contributed by atoms with Crippen molar-refractivity contribution in [2.75, 3.05) is 5.32 Å². The Morgan fingerprint density at radius 2 is 1.90 bits per heavy atom. The maximum atomic E-state index is 12.4. The molecule has 1 N–H and O–H groups in total. The van der Waals surface area contributed by atoms with Crippen LogP contribution >= 0.6 is 11.6 Å². The summed E-state index contributed by atoms with van der Waals surface area (Å²) in [6.07, 6.45) is 4.60. The molecule has 1 aliphatic carbocycles. The molecule has 3 heteroatoms. The summed E-state index contributed by atoms with van der Waals surface area (Å²) in [5, 5.41) is 3.06. The van der Waals surface area contributed by atoms with Gasteiger partial charge in [0.25, 0.3) is 5.91 Å². The summed E-state index contributed by atoms with van der Waals surface area (Å²) >= 11 is 5.83. The Bertz CT molecular complexity index is 666. The first-order valence-corrected chi connectivity index (χ1v) is 7.88. The molecular formula is C18H18ClNO. The van der Waals surface area contributed by atoms with Crippen molar-refractivity contribution in [1.29, 1.82) is 0 Å². The highest BCUT2D eigenvalue weighted by Gasteiger charge is 2.15. The van der Waals surface area contributed by atoms with E-state index in [9.17, 15) is 4.79 Å². The fourth-order valence-electron chi connectivity index (χ4n) is 2.89. The Hall–Kier alpha value is -1.80. The highest BCUT2D eigenvalue weighted by atomic mass is 35.5. The molecule has 0 unspecified atom stereocenters. The van der Waals surface area contributed by atoms with E-state index >= 15 is 0 Å². The highest BCUT2D eigenvalue weighted by molar-refractivity contribution is 6.17. The lowest BCUT2D eigenvalue weighted by Crippen LogP contribution is -2.15. The Balaban J connectivity index is 1.84. The van der Waals surface area contributed by atoms with Crippen LogP contribution in [0.4, 0.5) is 5.69 Å². The molecule has 21 heavy (non-hydrogen) atoms. The fourth-order valence-corrected chi connectivity index (χ4v) is 3.05. The third-order valence-electron chi connectivity index (χ3n) is 3.99. The van der Waals surface area contributed by atoms with Crippen molar-refractivity contribution in [3.63, 3.8) is 0 Å². The van der Waals surface area contributed by atoms with Gasteiger partial charge in [0.15, 0.2) is 0 Å². The van der Waals surface area contributed by atoms with Crippen LogP contribution in [0.5, 0.6) is 0 Å². The number of rotatable bonds is 3. The summed E-state index contributed by atoms with van der Waals surface area (Å²) in [5.41, 5.74) is 5.23. The van der Waals surface area contributed by atoms with Crippen molar-refractivity contribution >= 4 is 23.2 Å². The molecule has 0 aliphatic heterocycles. The van der Waals surface area contributed by atoms with Gasteiger partial charge in [-0.25, -0.2) is 0 Å². The van der Waals surface area contributed by atoms with Gasteiger partial charge in [-0.15, -0.1) is 11.6 Å². The largest absolute Gasteiger partial charge is 0.322 e. The minimum atomic E-state index is -0.0686. The number of anilines is 1. The zero-order valence-electron chi connectivity index (χ0n) is 11.9. The lowest BCUT2D eigenvalue weighted by atomic mass is 9.90. The molecule has 3 rings (SSSR count). The van der Waals surface area contributed by atoms with E-state index in [1.807, 2.05) is 36.4 Å². The SMILES string of the molecule is O=C(Nc1cccc2c1CCCC2)c1cccc(CCl)c1. The first-order chi connectivity index (χ1) is 10.3. The number of fused-ring (bicyclic) bond motifs is 1. The molecule has 2 aromatic rings. The number of benzene rings is 2. The summed E-state index contributed by atoms with van der Waals surface area (Å²) in [7, 11) is 0. The molecule has 2 aromatic carbocycles. The molecule has 0 fully saturated rings. The van der Waals surface area contributed by atoms with Crippen molar-refractivity contribution < 1.29 is 4.79 Å². The third-order valence-corrected chi connectivity index (χ3v) is 4.30. The third kappa shape index (κ3) is 3.11. The molecule has 0 spiro atoms. The van der Waals surface area contributed by atoms with Crippen LogP contribution < -0.4 is 5.32 Å². The number of aryl methyl sites for hydroxylation is 1. The Morgan fingerprint density at radius 3 is 2.76 bits per heavy atom. The number of amides is 1. The number of halogens is 1. The molecule has 0 radical (unpaired) electrons. The summed E-state index contributed by atoms with van der Waals surface area (Å²) < 4.78 is 0. The van der Waals surface area contributed by atoms with Gasteiger partial charge in [-0.05, 0) is 60.6 Å². The number of carbonyl (C=O) groups excluding carboxylic acids is 1. The van der Waals surface area contributed by atoms with Crippen molar-refractivity contribution in [1.82, 2.24) is 0 Å². The van der Waals surface area contributed by atoms with Gasteiger partial charge in [-0.2, -0.15) is 0 Å². The quantitative estimate of drug-likeness (QED) is 0.827. The Kier molecular flexibility index (Phi) is 4.26. The van der Waals surface area contributed by atoms with Crippen molar-refractivity contribution in [3.8, 4) is 0 Å². The van der Waals surface area contributed by atoms with Gasteiger partial charge in [0, 0.05) is 17.1 Å². The first kappa shape index (κ1) is 14.2. The highest BCUT2D eigenvalue weighted by Crippen LogP contribution is 2.28. The summed E-state index contributed by atoms with van der Waals surface area (Å²) in [6, 6.07) is 13.6. The molecular weight excluding hydrogens is 282 g/mol. The summed E-state index contributed by atoms with van der Waals surface area (Å²) in [5.74, 6) is 0.350. The summed E-state index contributed by atoms with van der Waals surface area (Å²) in [4.78, 5) is 12.4. The number of carbonyl (C=O) groups is 1. The Morgan fingerprint density at radius 1 is 1.10 bits per heavy atom. The predicted octanol–water partition coefficient (Wildman–Crippen LogP) is 4.56. The van der Waals surface area contributed by atoms with Gasteiger partial charge in [0.05, 0.1) is 0 Å². The van der Waals surface area contributed by atoms with Crippen LogP contribution in [0, 0.1) is 0 Å². The second-order valence-corrected chi connectivity index (χ2v) is 5.71. The van der Waals surface area contributed by atoms with Gasteiger partial charge < -0.3 is 5.32 Å². The van der Waals surface area contributed by atoms with E-state index in [1.54, 1.807) is 0 Å². The van der Waals surface area contributed by atoms with Gasteiger partial charge in [0.1, 0.15) is 0 Å². The van der Waals surface area contributed by atoms with Crippen molar-refractivity contribution in [3.05, 3.63) is 64.7 Å². The van der Waals surface area contributed by atoms with E-state index in [-0.39, 0.29) is 5.91 Å². The van der Waals surface area contributed by atoms with E-state index < -0.39 is 0 Å². The zero-order valence-corrected chi connectivity index (χ0v) is 12.6. The topological polar surface area (TPSA) is 29.1 Å². The van der Waals surface area contributed by atoms with E-state index in [4.69, 9.17) is 11.6 Å². The van der Waals surface area contributed by atoms with Gasteiger partial charge >= 0.3 is 0 Å². The van der Waals surface area contributed by atoms with Crippen molar-refractivity contribution in [2.45, 2.75) is 31.6 Å². The number of hydrogen-bond acceptors (Lipinski definition) is 1. The molecule has 1 amide bonds. The molecule has 108 valence electrons. The molecule has 2 nitrogen and oxygen atoms in total. The fraction of sp³-hybridized carbons (Fsp3) is 0.278. The van der Waals surface area contributed by atoms with Crippen LogP contribution in [0.3, 0.4) is 0 Å². The monoisotopic (exact) mass is 299 g/mol. The van der Waals surface area contributed by atoms with Crippen molar-refractivity contribution in [2.24, 2.45) is 0 Å². The van der Waals surface area contributed by atoms with Crippen LogP contribution in [-0.4, -0.2) is 5.91 Å². The van der Waals surface area contributed by atoms with Crippen LogP contribution in [-0.2, 0) is 18.7 Å².